The molecule has 0 radical (unpaired) electrons. The van der Waals surface area contributed by atoms with E-state index < -0.39 is 0 Å². The summed E-state index contributed by atoms with van der Waals surface area (Å²) in [4.78, 5) is 0. The van der Waals surface area contributed by atoms with Gasteiger partial charge in [0, 0.05) is 6.04 Å². The van der Waals surface area contributed by atoms with Crippen LogP contribution in [0.4, 0.5) is 0 Å². The van der Waals surface area contributed by atoms with Crippen LogP contribution < -0.4 is 5.32 Å². The molecule has 0 aromatic rings. The summed E-state index contributed by atoms with van der Waals surface area (Å²) < 4.78 is 6.21. The molecular weight excluding hydrogens is 222 g/mol. The number of hydrogen-bond acceptors (Lipinski definition) is 2. The predicted molar refractivity (Wildman–Crippen MR) is 76.8 cm³/mol. The van der Waals surface area contributed by atoms with Crippen molar-refractivity contribution in [3.8, 4) is 0 Å². The van der Waals surface area contributed by atoms with Gasteiger partial charge in [0.1, 0.15) is 0 Å². The van der Waals surface area contributed by atoms with Crippen molar-refractivity contribution in [2.24, 2.45) is 11.8 Å². The maximum Gasteiger partial charge on any atom is 0.0626 e. The Morgan fingerprint density at radius 3 is 2.67 bits per heavy atom. The van der Waals surface area contributed by atoms with Crippen molar-refractivity contribution < 1.29 is 4.74 Å². The monoisotopic (exact) mass is 253 g/mol. The van der Waals surface area contributed by atoms with Crippen LogP contribution in [0.2, 0.25) is 0 Å². The van der Waals surface area contributed by atoms with Crippen molar-refractivity contribution in [2.45, 2.75) is 77.4 Å². The summed E-state index contributed by atoms with van der Waals surface area (Å²) in [6.07, 6.45) is 11.3. The minimum Gasteiger partial charge on any atom is -0.377 e. The molecule has 2 aliphatic rings. The van der Waals surface area contributed by atoms with Crippen LogP contribution in [0.3, 0.4) is 0 Å². The lowest BCUT2D eigenvalue weighted by Crippen LogP contribution is -2.38. The van der Waals surface area contributed by atoms with Crippen LogP contribution in [0.25, 0.3) is 0 Å². The molecule has 3 atom stereocenters. The van der Waals surface area contributed by atoms with Gasteiger partial charge in [0.2, 0.25) is 0 Å². The largest absolute Gasteiger partial charge is 0.377 e. The fraction of sp³-hybridized carbons (Fsp3) is 1.00. The topological polar surface area (TPSA) is 21.3 Å². The normalized spacial score (nSPS) is 30.3. The van der Waals surface area contributed by atoms with Crippen molar-refractivity contribution >= 4 is 0 Å². The molecule has 18 heavy (non-hydrogen) atoms. The molecule has 0 aliphatic heterocycles. The van der Waals surface area contributed by atoms with Gasteiger partial charge in [-0.2, -0.15) is 0 Å². The Balaban J connectivity index is 1.68. The van der Waals surface area contributed by atoms with E-state index >= 15 is 0 Å². The highest BCUT2D eigenvalue weighted by Gasteiger charge is 2.32. The molecule has 2 aliphatic carbocycles. The zero-order chi connectivity index (χ0) is 12.8. The third kappa shape index (κ3) is 4.55. The van der Waals surface area contributed by atoms with Gasteiger partial charge in [0.15, 0.2) is 0 Å². The Labute approximate surface area is 113 Å². The fourth-order valence-electron chi connectivity index (χ4n) is 3.19. The first-order chi connectivity index (χ1) is 8.83. The summed E-state index contributed by atoms with van der Waals surface area (Å²) in [5.41, 5.74) is 0. The van der Waals surface area contributed by atoms with Gasteiger partial charge in [0.25, 0.3) is 0 Å². The molecule has 3 unspecified atom stereocenters. The summed E-state index contributed by atoms with van der Waals surface area (Å²) in [7, 11) is 0. The first kappa shape index (κ1) is 14.3. The van der Waals surface area contributed by atoms with Crippen molar-refractivity contribution in [1.82, 2.24) is 5.32 Å². The van der Waals surface area contributed by atoms with Gasteiger partial charge in [-0.15, -0.1) is 0 Å². The first-order valence-corrected chi connectivity index (χ1v) is 8.18. The SMILES string of the molecule is CCCNC(COC1CCCC(CC)C1)C1CC1. The molecule has 0 spiro atoms. The Kier molecular flexibility index (Phi) is 5.97. The zero-order valence-electron chi connectivity index (χ0n) is 12.3. The fourth-order valence-corrected chi connectivity index (χ4v) is 3.19. The Bertz CT molecular complexity index is 227. The zero-order valence-corrected chi connectivity index (χ0v) is 12.3. The van der Waals surface area contributed by atoms with E-state index in [9.17, 15) is 0 Å². The third-order valence-corrected chi connectivity index (χ3v) is 4.67. The molecule has 2 nitrogen and oxygen atoms in total. The quantitative estimate of drug-likeness (QED) is 0.711. The lowest BCUT2D eigenvalue weighted by Gasteiger charge is -2.30. The Hall–Kier alpha value is -0.0800. The van der Waals surface area contributed by atoms with Gasteiger partial charge >= 0.3 is 0 Å². The van der Waals surface area contributed by atoms with E-state index in [2.05, 4.69) is 19.2 Å². The summed E-state index contributed by atoms with van der Waals surface area (Å²) in [5, 5.41) is 3.67. The highest BCUT2D eigenvalue weighted by molar-refractivity contribution is 4.86. The number of hydrogen-bond donors (Lipinski definition) is 1. The van der Waals surface area contributed by atoms with Crippen molar-refractivity contribution in [2.75, 3.05) is 13.2 Å². The molecule has 0 amide bonds. The molecule has 0 heterocycles. The first-order valence-electron chi connectivity index (χ1n) is 8.18. The van der Waals surface area contributed by atoms with E-state index in [1.807, 2.05) is 0 Å². The maximum atomic E-state index is 6.21. The molecule has 2 saturated carbocycles. The lowest BCUT2D eigenvalue weighted by atomic mass is 9.85. The maximum absolute atomic E-state index is 6.21. The Morgan fingerprint density at radius 1 is 1.17 bits per heavy atom. The van der Waals surface area contributed by atoms with E-state index in [1.54, 1.807) is 0 Å². The number of ether oxygens (including phenoxy) is 1. The van der Waals surface area contributed by atoms with Crippen molar-refractivity contribution in [1.29, 1.82) is 0 Å². The second kappa shape index (κ2) is 7.49. The molecule has 2 heteroatoms. The number of nitrogens with one attached hydrogen (secondary N) is 1. The summed E-state index contributed by atoms with van der Waals surface area (Å²) in [6.45, 7) is 6.66. The average Bonchev–Trinajstić information content (AvgIpc) is 3.23. The van der Waals surface area contributed by atoms with Gasteiger partial charge in [0.05, 0.1) is 12.7 Å². The molecule has 0 aromatic heterocycles. The van der Waals surface area contributed by atoms with Gasteiger partial charge in [-0.1, -0.05) is 33.1 Å². The smallest absolute Gasteiger partial charge is 0.0626 e. The second-order valence-corrected chi connectivity index (χ2v) is 6.29. The van der Waals surface area contributed by atoms with Gasteiger partial charge in [-0.05, 0) is 50.5 Å². The van der Waals surface area contributed by atoms with Crippen molar-refractivity contribution in [3.05, 3.63) is 0 Å². The molecular formula is C16H31NO. The van der Waals surface area contributed by atoms with Crippen LogP contribution in [0.1, 0.15) is 65.2 Å². The van der Waals surface area contributed by atoms with E-state index in [4.69, 9.17) is 4.74 Å². The van der Waals surface area contributed by atoms with Gasteiger partial charge in [-0.25, -0.2) is 0 Å². The van der Waals surface area contributed by atoms with Gasteiger partial charge in [-0.3, -0.25) is 0 Å². The van der Waals surface area contributed by atoms with Crippen molar-refractivity contribution in [3.63, 3.8) is 0 Å². The van der Waals surface area contributed by atoms with Crippen LogP contribution in [0, 0.1) is 11.8 Å². The average molecular weight is 253 g/mol. The van der Waals surface area contributed by atoms with Crippen LogP contribution in [-0.2, 0) is 4.74 Å². The molecule has 0 bridgehead atoms. The minimum absolute atomic E-state index is 0.549. The molecule has 2 rings (SSSR count). The van der Waals surface area contributed by atoms with Crippen LogP contribution >= 0.6 is 0 Å². The van der Waals surface area contributed by atoms with Crippen LogP contribution in [0.15, 0.2) is 0 Å². The third-order valence-electron chi connectivity index (χ3n) is 4.67. The summed E-state index contributed by atoms with van der Waals surface area (Å²) >= 11 is 0. The summed E-state index contributed by atoms with van der Waals surface area (Å²) in [6, 6.07) is 0.631. The summed E-state index contributed by atoms with van der Waals surface area (Å²) in [5.74, 6) is 1.83. The van der Waals surface area contributed by atoms with Crippen LogP contribution in [0.5, 0.6) is 0 Å². The van der Waals surface area contributed by atoms with Gasteiger partial charge < -0.3 is 10.1 Å². The molecule has 0 aromatic carbocycles. The van der Waals surface area contributed by atoms with E-state index in [1.165, 1.54) is 51.4 Å². The second-order valence-electron chi connectivity index (χ2n) is 6.29. The van der Waals surface area contributed by atoms with E-state index in [-0.39, 0.29) is 0 Å². The Morgan fingerprint density at radius 2 is 2.00 bits per heavy atom. The molecule has 0 saturated heterocycles. The van der Waals surface area contributed by atoms with Crippen LogP contribution in [-0.4, -0.2) is 25.3 Å². The van der Waals surface area contributed by atoms with E-state index in [0.717, 1.165) is 25.0 Å². The lowest BCUT2D eigenvalue weighted by molar-refractivity contribution is -0.00109. The standard InChI is InChI=1S/C16H31NO/c1-3-10-17-16(14-8-9-14)12-18-15-7-5-6-13(4-2)11-15/h13-17H,3-12H2,1-2H3. The highest BCUT2D eigenvalue weighted by atomic mass is 16.5. The molecule has 2 fully saturated rings. The minimum atomic E-state index is 0.549. The predicted octanol–water partition coefficient (Wildman–Crippen LogP) is 3.75. The highest BCUT2D eigenvalue weighted by Crippen LogP contribution is 2.34. The van der Waals surface area contributed by atoms with E-state index in [0.29, 0.717) is 12.1 Å². The molecule has 106 valence electrons. The molecule has 1 N–H and O–H groups in total. The number of rotatable bonds is 8.